The van der Waals surface area contributed by atoms with Gasteiger partial charge in [-0.1, -0.05) is 49.2 Å². The Bertz CT molecular complexity index is 2720. The number of hydrogen-bond acceptors (Lipinski definition) is 10. The van der Waals surface area contributed by atoms with Crippen LogP contribution in [-0.4, -0.2) is 72.6 Å². The number of halogens is 4. The van der Waals surface area contributed by atoms with Crippen LogP contribution in [0, 0.1) is 11.3 Å². The van der Waals surface area contributed by atoms with Gasteiger partial charge in [-0.05, 0) is 115 Å². The molecule has 1 aliphatic carbocycles. The van der Waals surface area contributed by atoms with E-state index in [0.29, 0.717) is 73.6 Å². The second-order valence-corrected chi connectivity index (χ2v) is 20.5. The van der Waals surface area contributed by atoms with Gasteiger partial charge in [0.05, 0.1) is 16.1 Å². The van der Waals surface area contributed by atoms with E-state index in [1.807, 2.05) is 22.9 Å². The topological polar surface area (TPSA) is 168 Å². The maximum absolute atomic E-state index is 13.9. The molecule has 2 aliphatic rings. The average molecular weight is 928 g/mol. The minimum atomic E-state index is -6.02. The van der Waals surface area contributed by atoms with E-state index in [4.69, 9.17) is 21.1 Å². The molecule has 0 saturated carbocycles. The molecule has 0 radical (unpaired) electrons. The third-order valence-electron chi connectivity index (χ3n) is 11.4. The summed E-state index contributed by atoms with van der Waals surface area (Å²) in [7, 11) is -11.0. The molecule has 0 atom stereocenters. The van der Waals surface area contributed by atoms with Crippen LogP contribution in [0.25, 0.3) is 16.5 Å². The van der Waals surface area contributed by atoms with Gasteiger partial charge in [-0.15, -0.1) is 0 Å². The predicted octanol–water partition coefficient (Wildman–Crippen LogP) is 9.53. The average Bonchev–Trinajstić information content (AvgIpc) is 3.73. The summed E-state index contributed by atoms with van der Waals surface area (Å²) >= 11 is 6.17. The molecule has 2 heterocycles. The molecule has 0 unspecified atom stereocenters. The van der Waals surface area contributed by atoms with Gasteiger partial charge in [-0.2, -0.15) is 13.2 Å². The van der Waals surface area contributed by atoms with E-state index in [2.05, 4.69) is 46.9 Å². The van der Waals surface area contributed by atoms with Crippen molar-refractivity contribution >= 4 is 65.2 Å². The van der Waals surface area contributed by atoms with Crippen LogP contribution in [0.4, 0.5) is 24.5 Å². The van der Waals surface area contributed by atoms with Crippen molar-refractivity contribution in [1.29, 1.82) is 0 Å². The van der Waals surface area contributed by atoms with Crippen LogP contribution in [0.2, 0.25) is 5.02 Å². The van der Waals surface area contributed by atoms with Crippen molar-refractivity contribution in [1.82, 2.24) is 15.0 Å². The zero-order valence-corrected chi connectivity index (χ0v) is 37.1. The van der Waals surface area contributed by atoms with Crippen molar-refractivity contribution < 1.29 is 44.3 Å². The maximum atomic E-state index is 13.9. The Hall–Kier alpha value is -5.07. The second-order valence-electron chi connectivity index (χ2n) is 16.5. The Morgan fingerprint density at radius 3 is 2.43 bits per heavy atom. The molecule has 5 N–H and O–H groups in total. The summed E-state index contributed by atoms with van der Waals surface area (Å²) < 4.78 is 108. The molecule has 1 aliphatic heterocycles. The minimum Gasteiger partial charge on any atom is -0.456 e. The monoisotopic (exact) mass is 927 g/mol. The van der Waals surface area contributed by atoms with Gasteiger partial charge in [0.25, 0.3) is 25.8 Å². The zero-order valence-electron chi connectivity index (χ0n) is 34.7. The zero-order chi connectivity index (χ0) is 45.0. The quantitative estimate of drug-likeness (QED) is 0.0602. The van der Waals surface area contributed by atoms with Crippen molar-refractivity contribution in [2.75, 3.05) is 50.0 Å². The summed E-state index contributed by atoms with van der Waals surface area (Å²) in [6, 6.07) is 21.7. The predicted molar refractivity (Wildman–Crippen MR) is 239 cm³/mol. The highest BCUT2D eigenvalue weighted by Gasteiger charge is 2.48. The first kappa shape index (κ1) is 45.9. The number of nitrogens with one attached hydrogen (secondary N) is 5. The molecule has 336 valence electrons. The Morgan fingerprint density at radius 1 is 0.921 bits per heavy atom. The Balaban J connectivity index is 1.10. The van der Waals surface area contributed by atoms with E-state index in [1.54, 1.807) is 36.5 Å². The Kier molecular flexibility index (Phi) is 13.8. The molecule has 1 fully saturated rings. The van der Waals surface area contributed by atoms with Crippen LogP contribution in [-0.2, 0) is 24.6 Å². The summed E-state index contributed by atoms with van der Waals surface area (Å²) in [5.41, 5.74) is -1.08. The molecule has 7 rings (SSSR count). The van der Waals surface area contributed by atoms with Crippen LogP contribution in [0.15, 0.2) is 106 Å². The molecule has 12 nitrogen and oxygen atoms in total. The number of H-pyrrole nitrogens is 1. The molecule has 4 aromatic carbocycles. The fourth-order valence-electron chi connectivity index (χ4n) is 7.79. The van der Waals surface area contributed by atoms with Crippen molar-refractivity contribution in [3.8, 4) is 11.5 Å². The van der Waals surface area contributed by atoms with E-state index in [0.717, 1.165) is 42.5 Å². The minimum absolute atomic E-state index is 0.00579. The number of alkyl halides is 3. The third-order valence-corrected chi connectivity index (χ3v) is 14.5. The van der Waals surface area contributed by atoms with Gasteiger partial charge in [-0.3, -0.25) is 4.79 Å². The molecule has 1 saturated heterocycles. The van der Waals surface area contributed by atoms with E-state index in [1.165, 1.54) is 17.2 Å². The number of anilines is 2. The van der Waals surface area contributed by atoms with Crippen molar-refractivity contribution in [2.24, 2.45) is 11.3 Å². The lowest BCUT2D eigenvalue weighted by Gasteiger charge is -2.34. The normalized spacial score (nSPS) is 16.2. The van der Waals surface area contributed by atoms with Crippen LogP contribution >= 0.6 is 11.6 Å². The lowest BCUT2D eigenvalue weighted by atomic mass is 9.72. The number of amides is 1. The summed E-state index contributed by atoms with van der Waals surface area (Å²) in [6.45, 7) is 7.34. The van der Waals surface area contributed by atoms with Gasteiger partial charge in [0.1, 0.15) is 16.4 Å². The summed E-state index contributed by atoms with van der Waals surface area (Å²) in [5, 5.41) is 11.0. The van der Waals surface area contributed by atoms with Crippen LogP contribution in [0.1, 0.15) is 61.9 Å². The number of hydrogen-bond donors (Lipinski definition) is 5. The molecular formula is C45H49ClF3N5O7S2. The fraction of sp³-hybridized carbons (Fsp3) is 0.356. The summed E-state index contributed by atoms with van der Waals surface area (Å²) in [5.74, 6) is -0.837. The summed E-state index contributed by atoms with van der Waals surface area (Å²) in [6.07, 6.45) is 5.92. The summed E-state index contributed by atoms with van der Waals surface area (Å²) in [4.78, 5) is 14.8. The number of carbonyl (C=O) groups excluding carboxylic acids is 1. The van der Waals surface area contributed by atoms with Gasteiger partial charge in [0, 0.05) is 73.3 Å². The standard InChI is InChI=1S/C45H49ClF3N5O7S2/c1-44(2)18-14-31(37(26-44)30-6-8-32(46)9-7-30)28-50-20-21-51-33-10-12-36(41(24-33)61-40-5-3-4-38-35(40)15-19-52-38)43(55)54-63(58,59)34-11-13-39(53-27-29-16-22-60-23-17-29)42(25-34)62(56,57)45(47,48)49/h3-13,15,19,24-25,29,50-53H,14,16-18,20-23,26-28H2,1-2H3,(H,54,55). The number of aromatic amines is 1. The number of ether oxygens (including phenoxy) is 2. The molecular weight excluding hydrogens is 879 g/mol. The SMILES string of the molecule is CC1(C)CCC(CNCCNc2ccc(C(=O)NS(=O)(=O)c3ccc(NCC4CCOCC4)c(S(=O)(=O)C(F)(F)F)c3)c(Oc3cccc4[nH]ccc34)c2)=C(c2ccc(Cl)cc2)C1. The Morgan fingerprint density at radius 2 is 1.68 bits per heavy atom. The molecule has 0 spiro atoms. The molecule has 18 heteroatoms. The second kappa shape index (κ2) is 19.0. The van der Waals surface area contributed by atoms with Crippen LogP contribution in [0.5, 0.6) is 11.5 Å². The number of aromatic nitrogens is 1. The third kappa shape index (κ3) is 11.0. The largest absolute Gasteiger partial charge is 0.501 e. The van der Waals surface area contributed by atoms with E-state index >= 15 is 0 Å². The number of fused-ring (bicyclic) bond motifs is 1. The van der Waals surface area contributed by atoms with E-state index in [9.17, 15) is 34.8 Å². The fourth-order valence-corrected chi connectivity index (χ4v) is 9.94. The number of allylic oxidation sites excluding steroid dienone is 1. The highest BCUT2D eigenvalue weighted by Crippen LogP contribution is 2.43. The van der Waals surface area contributed by atoms with Crippen molar-refractivity contribution in [2.45, 2.75) is 61.3 Å². The molecule has 63 heavy (non-hydrogen) atoms. The first-order valence-corrected chi connectivity index (χ1v) is 23.9. The highest BCUT2D eigenvalue weighted by atomic mass is 35.5. The number of benzene rings is 4. The molecule has 0 bridgehead atoms. The highest BCUT2D eigenvalue weighted by molar-refractivity contribution is 7.92. The number of carbonyl (C=O) groups is 1. The molecule has 5 aromatic rings. The maximum Gasteiger partial charge on any atom is 0.501 e. The number of sulfone groups is 1. The smallest absolute Gasteiger partial charge is 0.456 e. The lowest BCUT2D eigenvalue weighted by molar-refractivity contribution is -0.0435. The van der Waals surface area contributed by atoms with Crippen molar-refractivity contribution in [3.05, 3.63) is 113 Å². The van der Waals surface area contributed by atoms with Crippen LogP contribution in [0.3, 0.4) is 0 Å². The molecule has 1 amide bonds. The first-order chi connectivity index (χ1) is 29.9. The lowest BCUT2D eigenvalue weighted by Crippen LogP contribution is -2.31. The van der Waals surface area contributed by atoms with Crippen molar-refractivity contribution in [3.63, 3.8) is 0 Å². The first-order valence-electron chi connectivity index (χ1n) is 20.5. The molecule has 1 aromatic heterocycles. The Labute approximate surface area is 370 Å². The van der Waals surface area contributed by atoms with Gasteiger partial charge in [-0.25, -0.2) is 21.6 Å². The number of rotatable bonds is 16. The van der Waals surface area contributed by atoms with Gasteiger partial charge in [0.15, 0.2) is 0 Å². The van der Waals surface area contributed by atoms with Gasteiger partial charge < -0.3 is 30.4 Å². The van der Waals surface area contributed by atoms with E-state index < -0.39 is 46.8 Å². The van der Waals surface area contributed by atoms with Crippen LogP contribution < -0.4 is 25.4 Å². The van der Waals surface area contributed by atoms with Gasteiger partial charge in [0.2, 0.25) is 0 Å². The number of sulfonamides is 1. The van der Waals surface area contributed by atoms with Gasteiger partial charge >= 0.3 is 5.51 Å². The van der Waals surface area contributed by atoms with E-state index in [-0.39, 0.29) is 29.2 Å².